The molecule has 0 spiro atoms. The zero-order valence-corrected chi connectivity index (χ0v) is 18.2. The Hall–Kier alpha value is -4.61. The number of anilines is 1. The van der Waals surface area contributed by atoms with E-state index in [0.29, 0.717) is 11.4 Å². The molecule has 174 valence electrons. The molecular weight excluding hydrogens is 447 g/mol. The Morgan fingerprint density at radius 2 is 1.82 bits per heavy atom. The highest BCUT2D eigenvalue weighted by atomic mass is 19.1. The number of ether oxygens (including phenoxy) is 1. The first kappa shape index (κ1) is 22.6. The smallest absolute Gasteiger partial charge is 0.351 e. The lowest BCUT2D eigenvalue weighted by Crippen LogP contribution is -2.40. The quantitative estimate of drug-likeness (QED) is 0.435. The van der Waals surface area contributed by atoms with Gasteiger partial charge in [-0.3, -0.25) is 14.2 Å². The minimum Gasteiger partial charge on any atom is -0.497 e. The summed E-state index contributed by atoms with van der Waals surface area (Å²) in [6.45, 7) is 0. The van der Waals surface area contributed by atoms with E-state index in [-0.39, 0.29) is 41.8 Å². The second-order valence-electron chi connectivity index (χ2n) is 7.17. The number of aryl methyl sites for hydroxylation is 1. The SMILES string of the molecule is COc1ccc(NC(=O)CCc2nc(-c3nn(-c4ccc(F)cc4)c(=O)n(C)c3=O)no2)cc1. The van der Waals surface area contributed by atoms with Crippen molar-refractivity contribution in [1.82, 2.24) is 24.5 Å². The molecule has 0 aliphatic rings. The molecule has 0 bridgehead atoms. The summed E-state index contributed by atoms with van der Waals surface area (Å²) in [5.74, 6) is -0.114. The van der Waals surface area contributed by atoms with E-state index in [4.69, 9.17) is 9.26 Å². The van der Waals surface area contributed by atoms with E-state index in [9.17, 15) is 18.8 Å². The fraction of sp³-hybridized carbons (Fsp3) is 0.182. The number of carbonyl (C=O) groups is 1. The Morgan fingerprint density at radius 3 is 2.50 bits per heavy atom. The molecule has 0 unspecified atom stereocenters. The van der Waals surface area contributed by atoms with Crippen LogP contribution in [0, 0.1) is 5.82 Å². The Kier molecular flexibility index (Phi) is 6.30. The highest BCUT2D eigenvalue weighted by Crippen LogP contribution is 2.16. The summed E-state index contributed by atoms with van der Waals surface area (Å²) < 4.78 is 25.3. The minimum absolute atomic E-state index is 0.0498. The van der Waals surface area contributed by atoms with Gasteiger partial charge in [0.25, 0.3) is 5.56 Å². The van der Waals surface area contributed by atoms with Crippen LogP contribution in [-0.2, 0) is 18.3 Å². The minimum atomic E-state index is -0.729. The van der Waals surface area contributed by atoms with Crippen molar-refractivity contribution in [2.75, 3.05) is 12.4 Å². The molecule has 0 fully saturated rings. The number of aromatic nitrogens is 5. The second kappa shape index (κ2) is 9.48. The first-order valence-electron chi connectivity index (χ1n) is 10.1. The summed E-state index contributed by atoms with van der Waals surface area (Å²) in [5, 5.41) is 10.6. The van der Waals surface area contributed by atoms with Gasteiger partial charge < -0.3 is 14.6 Å². The van der Waals surface area contributed by atoms with Gasteiger partial charge in [-0.25, -0.2) is 9.18 Å². The van der Waals surface area contributed by atoms with Crippen LogP contribution in [0.15, 0.2) is 62.6 Å². The van der Waals surface area contributed by atoms with Gasteiger partial charge in [0.15, 0.2) is 5.69 Å². The first-order chi connectivity index (χ1) is 16.4. The molecule has 0 saturated carbocycles. The molecule has 11 nitrogen and oxygen atoms in total. The standard InChI is InChI=1S/C22H19FN6O5/c1-28-21(31)19(26-29(22(28)32)15-7-3-13(23)4-8-15)20-25-18(34-27-20)12-11-17(30)24-14-5-9-16(33-2)10-6-14/h3-10H,11-12H2,1-2H3,(H,24,30). The third-order valence-corrected chi connectivity index (χ3v) is 4.87. The van der Waals surface area contributed by atoms with Crippen molar-refractivity contribution in [2.24, 2.45) is 7.05 Å². The number of rotatable bonds is 7. The summed E-state index contributed by atoms with van der Waals surface area (Å²) in [6, 6.07) is 11.9. The number of nitrogens with one attached hydrogen (secondary N) is 1. The molecule has 34 heavy (non-hydrogen) atoms. The van der Waals surface area contributed by atoms with E-state index < -0.39 is 17.1 Å². The van der Waals surface area contributed by atoms with Gasteiger partial charge in [-0.15, -0.1) is 0 Å². The van der Waals surface area contributed by atoms with Gasteiger partial charge in [0.1, 0.15) is 11.6 Å². The zero-order valence-electron chi connectivity index (χ0n) is 18.2. The van der Waals surface area contributed by atoms with Crippen LogP contribution in [0.25, 0.3) is 17.2 Å². The highest BCUT2D eigenvalue weighted by molar-refractivity contribution is 5.90. The second-order valence-corrected chi connectivity index (χ2v) is 7.17. The number of benzene rings is 2. The van der Waals surface area contributed by atoms with Crippen LogP contribution in [0.4, 0.5) is 10.1 Å². The summed E-state index contributed by atoms with van der Waals surface area (Å²) in [4.78, 5) is 41.4. The topological polar surface area (TPSA) is 134 Å². The van der Waals surface area contributed by atoms with Crippen molar-refractivity contribution in [3.8, 4) is 23.0 Å². The average molecular weight is 466 g/mol. The van der Waals surface area contributed by atoms with E-state index in [1.807, 2.05) is 0 Å². The molecule has 0 radical (unpaired) electrons. The number of amides is 1. The fourth-order valence-corrected chi connectivity index (χ4v) is 3.04. The van der Waals surface area contributed by atoms with Crippen LogP contribution >= 0.6 is 0 Å². The first-order valence-corrected chi connectivity index (χ1v) is 10.1. The van der Waals surface area contributed by atoms with Crippen molar-refractivity contribution in [3.63, 3.8) is 0 Å². The lowest BCUT2D eigenvalue weighted by atomic mass is 10.2. The van der Waals surface area contributed by atoms with E-state index >= 15 is 0 Å². The predicted octanol–water partition coefficient (Wildman–Crippen LogP) is 1.70. The van der Waals surface area contributed by atoms with Crippen LogP contribution in [0.5, 0.6) is 5.75 Å². The Labute approximate surface area is 191 Å². The summed E-state index contributed by atoms with van der Waals surface area (Å²) in [5.41, 5.74) is -0.828. The van der Waals surface area contributed by atoms with Gasteiger partial charge in [-0.2, -0.15) is 14.8 Å². The van der Waals surface area contributed by atoms with Gasteiger partial charge in [0.05, 0.1) is 12.8 Å². The molecule has 2 heterocycles. The summed E-state index contributed by atoms with van der Waals surface area (Å²) in [6.07, 6.45) is 0.168. The predicted molar refractivity (Wildman–Crippen MR) is 118 cm³/mol. The lowest BCUT2D eigenvalue weighted by molar-refractivity contribution is -0.116. The molecule has 1 amide bonds. The van der Waals surface area contributed by atoms with Crippen molar-refractivity contribution >= 4 is 11.6 Å². The molecule has 1 N–H and O–H groups in total. The summed E-state index contributed by atoms with van der Waals surface area (Å²) in [7, 11) is 2.83. The number of carbonyl (C=O) groups excluding carboxylic acids is 1. The normalized spacial score (nSPS) is 10.8. The average Bonchev–Trinajstić information content (AvgIpc) is 3.31. The molecule has 0 saturated heterocycles. The molecular formula is C22H19FN6O5. The number of methoxy groups -OCH3 is 1. The lowest BCUT2D eigenvalue weighted by Gasteiger charge is -2.07. The van der Waals surface area contributed by atoms with E-state index in [2.05, 4.69) is 20.6 Å². The fourth-order valence-electron chi connectivity index (χ4n) is 3.04. The van der Waals surface area contributed by atoms with Gasteiger partial charge in [-0.05, 0) is 48.5 Å². The zero-order chi connectivity index (χ0) is 24.2. The van der Waals surface area contributed by atoms with E-state index in [1.165, 1.54) is 19.2 Å². The number of nitrogens with zero attached hydrogens (tertiary/aromatic N) is 5. The molecule has 2 aromatic carbocycles. The van der Waals surface area contributed by atoms with E-state index in [1.54, 1.807) is 31.4 Å². The van der Waals surface area contributed by atoms with Crippen LogP contribution in [0.2, 0.25) is 0 Å². The van der Waals surface area contributed by atoms with Gasteiger partial charge in [-0.1, -0.05) is 5.16 Å². The molecule has 4 aromatic rings. The van der Waals surface area contributed by atoms with Gasteiger partial charge in [0.2, 0.25) is 17.6 Å². The van der Waals surface area contributed by atoms with Crippen LogP contribution in [0.3, 0.4) is 0 Å². The third kappa shape index (κ3) is 4.75. The van der Waals surface area contributed by atoms with Gasteiger partial charge in [0, 0.05) is 25.6 Å². The van der Waals surface area contributed by atoms with Crippen molar-refractivity contribution in [1.29, 1.82) is 0 Å². The maximum absolute atomic E-state index is 13.2. The Balaban J connectivity index is 1.51. The molecule has 0 atom stereocenters. The number of hydrogen-bond acceptors (Lipinski definition) is 8. The number of hydrogen-bond donors (Lipinski definition) is 1. The van der Waals surface area contributed by atoms with Crippen LogP contribution < -0.4 is 21.3 Å². The third-order valence-electron chi connectivity index (χ3n) is 4.87. The maximum atomic E-state index is 13.2. The Morgan fingerprint density at radius 1 is 1.12 bits per heavy atom. The van der Waals surface area contributed by atoms with Gasteiger partial charge >= 0.3 is 5.69 Å². The maximum Gasteiger partial charge on any atom is 0.351 e. The van der Waals surface area contributed by atoms with Crippen LogP contribution in [-0.4, -0.2) is 37.5 Å². The molecule has 12 heteroatoms. The van der Waals surface area contributed by atoms with Crippen LogP contribution in [0.1, 0.15) is 12.3 Å². The Bertz CT molecular complexity index is 1440. The molecule has 4 rings (SSSR count). The largest absolute Gasteiger partial charge is 0.497 e. The van der Waals surface area contributed by atoms with E-state index in [0.717, 1.165) is 21.4 Å². The summed E-state index contributed by atoms with van der Waals surface area (Å²) >= 11 is 0. The monoisotopic (exact) mass is 466 g/mol. The molecule has 0 aliphatic heterocycles. The van der Waals surface area contributed by atoms with Crippen molar-refractivity contribution < 1.29 is 18.4 Å². The molecule has 2 aromatic heterocycles. The number of halogens is 1. The van der Waals surface area contributed by atoms with Crippen molar-refractivity contribution in [2.45, 2.75) is 12.8 Å². The van der Waals surface area contributed by atoms with Crippen molar-refractivity contribution in [3.05, 3.63) is 81.1 Å². The molecule has 0 aliphatic carbocycles. The highest BCUT2D eigenvalue weighted by Gasteiger charge is 2.19.